The van der Waals surface area contributed by atoms with Crippen LogP contribution in [0.25, 0.3) is 0 Å². The fraction of sp³-hybridized carbons (Fsp3) is 0.562. The highest BCUT2D eigenvalue weighted by atomic mass is 16.5. The molecule has 1 heterocycles. The molecular formula is C16H24N2O3. The van der Waals surface area contributed by atoms with Gasteiger partial charge in [0.1, 0.15) is 17.6 Å². The number of nitrogens with zero attached hydrogens (tertiary/aromatic N) is 1. The van der Waals surface area contributed by atoms with Crippen LogP contribution in [0.2, 0.25) is 0 Å². The highest BCUT2D eigenvalue weighted by Crippen LogP contribution is 2.36. The molecule has 0 fully saturated rings. The summed E-state index contributed by atoms with van der Waals surface area (Å²) in [5.41, 5.74) is 7.89. The maximum Gasteiger partial charge on any atom is 0.226 e. The molecule has 1 amide bonds. The second-order valence-corrected chi connectivity index (χ2v) is 5.77. The summed E-state index contributed by atoms with van der Waals surface area (Å²) in [5.74, 6) is 1.49. The number of carbonyl (C=O) groups is 1. The quantitative estimate of drug-likeness (QED) is 0.886. The van der Waals surface area contributed by atoms with E-state index in [1.54, 1.807) is 26.1 Å². The first kappa shape index (κ1) is 15.6. The molecule has 5 nitrogen and oxygen atoms in total. The van der Waals surface area contributed by atoms with Crippen LogP contribution in [-0.2, 0) is 17.6 Å². The average Bonchev–Trinajstić information content (AvgIpc) is 2.81. The van der Waals surface area contributed by atoms with E-state index in [0.29, 0.717) is 13.0 Å². The highest BCUT2D eigenvalue weighted by Gasteiger charge is 2.25. The molecule has 2 rings (SSSR count). The van der Waals surface area contributed by atoms with Crippen LogP contribution in [0.5, 0.6) is 11.5 Å². The third-order valence-electron chi connectivity index (χ3n) is 3.84. The number of rotatable bonds is 5. The topological polar surface area (TPSA) is 64.8 Å². The van der Waals surface area contributed by atoms with E-state index in [-0.39, 0.29) is 17.9 Å². The first-order valence-electron chi connectivity index (χ1n) is 7.24. The zero-order valence-electron chi connectivity index (χ0n) is 13.2. The van der Waals surface area contributed by atoms with E-state index in [2.05, 4.69) is 0 Å². The van der Waals surface area contributed by atoms with Crippen molar-refractivity contribution in [2.24, 2.45) is 11.7 Å². The summed E-state index contributed by atoms with van der Waals surface area (Å²) in [6.45, 7) is 2.36. The summed E-state index contributed by atoms with van der Waals surface area (Å²) in [4.78, 5) is 13.7. The summed E-state index contributed by atoms with van der Waals surface area (Å²) < 4.78 is 11.3. The Hall–Kier alpha value is -1.75. The van der Waals surface area contributed by atoms with Crippen LogP contribution in [0.15, 0.2) is 12.1 Å². The largest absolute Gasteiger partial charge is 0.496 e. The standard InChI is InChI=1S/C16H24N2O3/c1-10-5-11-7-14(20-4)12(8-15(11)21-10)6-13(9-17)16(19)18(2)3/h7-8,10,13H,5-6,9,17H2,1-4H3. The molecule has 0 aromatic heterocycles. The highest BCUT2D eigenvalue weighted by molar-refractivity contribution is 5.79. The van der Waals surface area contributed by atoms with E-state index in [4.69, 9.17) is 15.2 Å². The predicted octanol–water partition coefficient (Wildman–Crippen LogP) is 1.22. The Morgan fingerprint density at radius 2 is 2.24 bits per heavy atom. The maximum atomic E-state index is 12.1. The van der Waals surface area contributed by atoms with Crippen LogP contribution in [0, 0.1) is 5.92 Å². The van der Waals surface area contributed by atoms with E-state index in [9.17, 15) is 4.79 Å². The number of hydrogen-bond donors (Lipinski definition) is 1. The molecule has 0 aliphatic carbocycles. The van der Waals surface area contributed by atoms with Crippen LogP contribution in [0.3, 0.4) is 0 Å². The molecule has 1 aromatic carbocycles. The fourth-order valence-electron chi connectivity index (χ4n) is 2.73. The minimum Gasteiger partial charge on any atom is -0.496 e. The summed E-state index contributed by atoms with van der Waals surface area (Å²) in [6.07, 6.45) is 1.64. The van der Waals surface area contributed by atoms with Gasteiger partial charge >= 0.3 is 0 Å². The lowest BCUT2D eigenvalue weighted by atomic mass is 9.95. The number of carbonyl (C=O) groups excluding carboxylic acids is 1. The third kappa shape index (κ3) is 3.29. The van der Waals surface area contributed by atoms with E-state index >= 15 is 0 Å². The van der Waals surface area contributed by atoms with Crippen LogP contribution < -0.4 is 15.2 Å². The first-order chi connectivity index (χ1) is 9.96. The molecule has 1 aliphatic heterocycles. The lowest BCUT2D eigenvalue weighted by Crippen LogP contribution is -2.35. The molecule has 0 saturated heterocycles. The van der Waals surface area contributed by atoms with Crippen LogP contribution in [0.4, 0.5) is 0 Å². The number of nitrogens with two attached hydrogens (primary N) is 1. The second kappa shape index (κ2) is 6.35. The Morgan fingerprint density at radius 3 is 2.81 bits per heavy atom. The number of fused-ring (bicyclic) bond motifs is 1. The van der Waals surface area contributed by atoms with Crippen LogP contribution in [0.1, 0.15) is 18.1 Å². The van der Waals surface area contributed by atoms with Gasteiger partial charge in [0.05, 0.1) is 13.0 Å². The lowest BCUT2D eigenvalue weighted by Gasteiger charge is -2.20. The Kier molecular flexibility index (Phi) is 4.73. The van der Waals surface area contributed by atoms with Crippen molar-refractivity contribution < 1.29 is 14.3 Å². The SMILES string of the molecule is COc1cc2c(cc1CC(CN)C(=O)N(C)C)OC(C)C2. The van der Waals surface area contributed by atoms with Gasteiger partial charge in [-0.05, 0) is 31.0 Å². The zero-order chi connectivity index (χ0) is 15.6. The normalized spacial score (nSPS) is 17.9. The molecule has 0 spiro atoms. The molecular weight excluding hydrogens is 268 g/mol. The molecule has 5 heteroatoms. The number of amides is 1. The molecule has 21 heavy (non-hydrogen) atoms. The molecule has 2 atom stereocenters. The van der Waals surface area contributed by atoms with Crippen molar-refractivity contribution in [1.82, 2.24) is 4.90 Å². The van der Waals surface area contributed by atoms with E-state index in [0.717, 1.165) is 29.0 Å². The molecule has 1 aromatic rings. The van der Waals surface area contributed by atoms with Crippen molar-refractivity contribution in [2.75, 3.05) is 27.7 Å². The van der Waals surface area contributed by atoms with Gasteiger partial charge < -0.3 is 20.1 Å². The summed E-state index contributed by atoms with van der Waals surface area (Å²) in [7, 11) is 5.14. The number of benzene rings is 1. The summed E-state index contributed by atoms with van der Waals surface area (Å²) in [6, 6.07) is 4.01. The number of hydrogen-bond acceptors (Lipinski definition) is 4. The van der Waals surface area contributed by atoms with Gasteiger partial charge in [0, 0.05) is 32.6 Å². The lowest BCUT2D eigenvalue weighted by molar-refractivity contribution is -0.132. The molecule has 116 valence electrons. The van der Waals surface area contributed by atoms with Gasteiger partial charge in [-0.3, -0.25) is 4.79 Å². The van der Waals surface area contributed by atoms with Crippen LogP contribution in [-0.4, -0.2) is 44.7 Å². The maximum absolute atomic E-state index is 12.1. The smallest absolute Gasteiger partial charge is 0.226 e. The minimum absolute atomic E-state index is 0.0364. The predicted molar refractivity (Wildman–Crippen MR) is 81.7 cm³/mol. The van der Waals surface area contributed by atoms with Gasteiger partial charge in [-0.25, -0.2) is 0 Å². The van der Waals surface area contributed by atoms with Gasteiger partial charge in [0.15, 0.2) is 0 Å². The monoisotopic (exact) mass is 292 g/mol. The van der Waals surface area contributed by atoms with Crippen molar-refractivity contribution in [3.63, 3.8) is 0 Å². The summed E-state index contributed by atoms with van der Waals surface area (Å²) in [5, 5.41) is 0. The third-order valence-corrected chi connectivity index (χ3v) is 3.84. The molecule has 1 aliphatic rings. The molecule has 2 N–H and O–H groups in total. The van der Waals surface area contributed by atoms with Gasteiger partial charge in [-0.2, -0.15) is 0 Å². The number of methoxy groups -OCH3 is 1. The second-order valence-electron chi connectivity index (χ2n) is 5.77. The molecule has 0 bridgehead atoms. The van der Waals surface area contributed by atoms with Gasteiger partial charge in [-0.15, -0.1) is 0 Å². The minimum atomic E-state index is -0.245. The van der Waals surface area contributed by atoms with Crippen LogP contribution >= 0.6 is 0 Å². The Morgan fingerprint density at radius 1 is 1.52 bits per heavy atom. The van der Waals surface area contributed by atoms with Gasteiger partial charge in [0.25, 0.3) is 0 Å². The van der Waals surface area contributed by atoms with Gasteiger partial charge in [0.2, 0.25) is 5.91 Å². The zero-order valence-corrected chi connectivity index (χ0v) is 13.2. The molecule has 2 unspecified atom stereocenters. The number of ether oxygens (including phenoxy) is 2. The van der Waals surface area contributed by atoms with E-state index in [1.165, 1.54) is 0 Å². The Balaban J connectivity index is 2.27. The molecule has 0 saturated carbocycles. The van der Waals surface area contributed by atoms with Crippen molar-refractivity contribution in [2.45, 2.75) is 25.9 Å². The van der Waals surface area contributed by atoms with E-state index in [1.807, 2.05) is 19.1 Å². The van der Waals surface area contributed by atoms with E-state index < -0.39 is 0 Å². The van der Waals surface area contributed by atoms with Crippen molar-refractivity contribution in [3.05, 3.63) is 23.3 Å². The average molecular weight is 292 g/mol. The van der Waals surface area contributed by atoms with Crippen molar-refractivity contribution in [1.29, 1.82) is 0 Å². The summed E-state index contributed by atoms with van der Waals surface area (Å²) >= 11 is 0. The molecule has 0 radical (unpaired) electrons. The van der Waals surface area contributed by atoms with Gasteiger partial charge in [-0.1, -0.05) is 0 Å². The first-order valence-corrected chi connectivity index (χ1v) is 7.24. The fourth-order valence-corrected chi connectivity index (χ4v) is 2.73. The Bertz CT molecular complexity index is 528. The van der Waals surface area contributed by atoms with Crippen molar-refractivity contribution in [3.8, 4) is 11.5 Å². The van der Waals surface area contributed by atoms with Crippen molar-refractivity contribution >= 4 is 5.91 Å². The Labute approximate surface area is 126 Å².